The quantitative estimate of drug-likeness (QED) is 0.905. The first-order valence-electron chi connectivity index (χ1n) is 8.41. The van der Waals surface area contributed by atoms with E-state index in [1.807, 2.05) is 37.4 Å². The van der Waals surface area contributed by atoms with Gasteiger partial charge < -0.3 is 15.2 Å². The Hall–Kier alpha value is -2.40. The molecule has 24 heavy (non-hydrogen) atoms. The molecule has 0 aliphatic carbocycles. The molecule has 1 amide bonds. The second-order valence-corrected chi connectivity index (χ2v) is 6.27. The Morgan fingerprint density at radius 1 is 1.17 bits per heavy atom. The maximum Gasteiger partial charge on any atom is 0.261 e. The molecule has 5 nitrogen and oxygen atoms in total. The maximum absolute atomic E-state index is 12.6. The number of amides is 1. The molecule has 1 saturated heterocycles. The fraction of sp³-hybridized carbons (Fsp3) is 0.368. The number of piperidine rings is 1. The largest absolute Gasteiger partial charge is 0.338 e. The monoisotopic (exact) mass is 325 g/mol. The van der Waals surface area contributed by atoms with Crippen LogP contribution in [0.15, 0.2) is 47.3 Å². The number of carbonyl (C=O) groups is 1. The molecule has 1 aliphatic rings. The molecular weight excluding hydrogens is 302 g/mol. The van der Waals surface area contributed by atoms with Crippen molar-refractivity contribution in [2.75, 3.05) is 26.7 Å². The SMILES string of the molecule is CNCC1CCN(C(=O)c2ccc(-c3ccccc3)[nH]c2=O)CC1. The molecule has 1 aromatic heterocycles. The van der Waals surface area contributed by atoms with Crippen LogP contribution in [-0.2, 0) is 0 Å². The number of nitrogens with one attached hydrogen (secondary N) is 2. The second kappa shape index (κ2) is 7.45. The van der Waals surface area contributed by atoms with Crippen molar-refractivity contribution in [1.29, 1.82) is 0 Å². The Balaban J connectivity index is 1.73. The van der Waals surface area contributed by atoms with E-state index in [1.165, 1.54) is 0 Å². The van der Waals surface area contributed by atoms with Crippen LogP contribution in [0.2, 0.25) is 0 Å². The van der Waals surface area contributed by atoms with Gasteiger partial charge in [0, 0.05) is 18.8 Å². The summed E-state index contributed by atoms with van der Waals surface area (Å²) in [5.74, 6) is 0.441. The molecule has 3 rings (SSSR count). The molecule has 0 unspecified atom stereocenters. The summed E-state index contributed by atoms with van der Waals surface area (Å²) in [5.41, 5.74) is 1.56. The van der Waals surface area contributed by atoms with E-state index in [9.17, 15) is 9.59 Å². The number of aromatic nitrogens is 1. The van der Waals surface area contributed by atoms with E-state index in [0.29, 0.717) is 19.0 Å². The van der Waals surface area contributed by atoms with Gasteiger partial charge in [0.15, 0.2) is 0 Å². The molecule has 5 heteroatoms. The lowest BCUT2D eigenvalue weighted by Gasteiger charge is -2.31. The second-order valence-electron chi connectivity index (χ2n) is 6.27. The first-order chi connectivity index (χ1) is 11.7. The summed E-state index contributed by atoms with van der Waals surface area (Å²) in [4.78, 5) is 29.6. The minimum atomic E-state index is -0.321. The average Bonchev–Trinajstić information content (AvgIpc) is 2.63. The highest BCUT2D eigenvalue weighted by Crippen LogP contribution is 2.19. The van der Waals surface area contributed by atoms with E-state index in [-0.39, 0.29) is 17.0 Å². The number of aromatic amines is 1. The number of rotatable bonds is 4. The minimum absolute atomic E-state index is 0.168. The van der Waals surface area contributed by atoms with Crippen LogP contribution >= 0.6 is 0 Å². The van der Waals surface area contributed by atoms with E-state index in [4.69, 9.17) is 0 Å². The van der Waals surface area contributed by atoms with Crippen molar-refractivity contribution in [2.24, 2.45) is 5.92 Å². The third-order valence-corrected chi connectivity index (χ3v) is 4.62. The Morgan fingerprint density at radius 2 is 1.88 bits per heavy atom. The number of hydrogen-bond donors (Lipinski definition) is 2. The minimum Gasteiger partial charge on any atom is -0.338 e. The van der Waals surface area contributed by atoms with Crippen molar-refractivity contribution >= 4 is 5.91 Å². The molecule has 0 spiro atoms. The van der Waals surface area contributed by atoms with Crippen LogP contribution in [0.3, 0.4) is 0 Å². The first kappa shape index (κ1) is 16.5. The van der Waals surface area contributed by atoms with E-state index in [1.54, 1.807) is 17.0 Å². The van der Waals surface area contributed by atoms with Gasteiger partial charge in [0.2, 0.25) is 0 Å². The van der Waals surface area contributed by atoms with Crippen molar-refractivity contribution in [3.8, 4) is 11.3 Å². The van der Waals surface area contributed by atoms with Gasteiger partial charge in [0.1, 0.15) is 5.56 Å². The predicted octanol–water partition coefficient (Wildman–Crippen LogP) is 2.11. The summed E-state index contributed by atoms with van der Waals surface area (Å²) >= 11 is 0. The number of pyridine rings is 1. The molecule has 2 N–H and O–H groups in total. The molecular formula is C19H23N3O2. The average molecular weight is 325 g/mol. The lowest BCUT2D eigenvalue weighted by Crippen LogP contribution is -2.42. The highest BCUT2D eigenvalue weighted by atomic mass is 16.2. The number of nitrogens with zero attached hydrogens (tertiary/aromatic N) is 1. The third-order valence-electron chi connectivity index (χ3n) is 4.62. The zero-order chi connectivity index (χ0) is 16.9. The van der Waals surface area contributed by atoms with Crippen molar-refractivity contribution in [3.63, 3.8) is 0 Å². The van der Waals surface area contributed by atoms with Gasteiger partial charge in [-0.25, -0.2) is 0 Å². The molecule has 1 aromatic carbocycles. The number of likely N-dealkylation sites (tertiary alicyclic amines) is 1. The Labute approximate surface area is 141 Å². The van der Waals surface area contributed by atoms with Crippen molar-refractivity contribution in [1.82, 2.24) is 15.2 Å². The summed E-state index contributed by atoms with van der Waals surface area (Å²) in [7, 11) is 1.95. The fourth-order valence-electron chi connectivity index (χ4n) is 3.23. The van der Waals surface area contributed by atoms with Gasteiger partial charge in [-0.3, -0.25) is 9.59 Å². The van der Waals surface area contributed by atoms with Crippen LogP contribution in [0.5, 0.6) is 0 Å². The number of benzene rings is 1. The molecule has 0 atom stereocenters. The molecule has 2 aromatic rings. The first-order valence-corrected chi connectivity index (χ1v) is 8.41. The third kappa shape index (κ3) is 3.57. The van der Waals surface area contributed by atoms with Crippen LogP contribution in [0.4, 0.5) is 0 Å². The molecule has 1 aliphatic heterocycles. The van der Waals surface area contributed by atoms with Crippen molar-refractivity contribution < 1.29 is 4.79 Å². The van der Waals surface area contributed by atoms with Crippen LogP contribution in [-0.4, -0.2) is 42.5 Å². The number of H-pyrrole nitrogens is 1. The molecule has 2 heterocycles. The molecule has 0 saturated carbocycles. The van der Waals surface area contributed by atoms with Gasteiger partial charge in [-0.15, -0.1) is 0 Å². The summed E-state index contributed by atoms with van der Waals surface area (Å²) in [5, 5.41) is 3.19. The fourth-order valence-corrected chi connectivity index (χ4v) is 3.23. The van der Waals surface area contributed by atoms with Crippen LogP contribution in [0.1, 0.15) is 23.2 Å². The van der Waals surface area contributed by atoms with Gasteiger partial charge >= 0.3 is 0 Å². The summed E-state index contributed by atoms with van der Waals surface area (Å²) < 4.78 is 0. The smallest absolute Gasteiger partial charge is 0.261 e. The zero-order valence-electron chi connectivity index (χ0n) is 13.9. The van der Waals surface area contributed by atoms with E-state index in [2.05, 4.69) is 10.3 Å². The van der Waals surface area contributed by atoms with E-state index in [0.717, 1.165) is 30.6 Å². The van der Waals surface area contributed by atoms with Gasteiger partial charge in [-0.05, 0) is 50.0 Å². The lowest BCUT2D eigenvalue weighted by molar-refractivity contribution is 0.0689. The highest BCUT2D eigenvalue weighted by Gasteiger charge is 2.24. The lowest BCUT2D eigenvalue weighted by atomic mass is 9.96. The molecule has 0 radical (unpaired) electrons. The Kier molecular flexibility index (Phi) is 5.11. The van der Waals surface area contributed by atoms with Crippen molar-refractivity contribution in [2.45, 2.75) is 12.8 Å². The standard InChI is InChI=1S/C19H23N3O2/c1-20-13-14-9-11-22(12-10-14)19(24)16-7-8-17(21-18(16)23)15-5-3-2-4-6-15/h2-8,14,20H,9-13H2,1H3,(H,21,23). The molecule has 1 fully saturated rings. The van der Waals surface area contributed by atoms with Gasteiger partial charge in [0.05, 0.1) is 0 Å². The van der Waals surface area contributed by atoms with Gasteiger partial charge in [-0.1, -0.05) is 30.3 Å². The summed E-state index contributed by atoms with van der Waals surface area (Å²) in [6.07, 6.45) is 1.96. The van der Waals surface area contributed by atoms with Crippen LogP contribution < -0.4 is 10.9 Å². The zero-order valence-corrected chi connectivity index (χ0v) is 13.9. The molecule has 126 valence electrons. The van der Waals surface area contributed by atoms with Gasteiger partial charge in [-0.2, -0.15) is 0 Å². The van der Waals surface area contributed by atoms with Gasteiger partial charge in [0.25, 0.3) is 11.5 Å². The summed E-state index contributed by atoms with van der Waals surface area (Å²) in [6.45, 7) is 2.41. The van der Waals surface area contributed by atoms with Crippen LogP contribution in [0.25, 0.3) is 11.3 Å². The number of carbonyl (C=O) groups excluding carboxylic acids is 1. The normalized spacial score (nSPS) is 15.5. The van der Waals surface area contributed by atoms with Crippen LogP contribution in [0, 0.1) is 5.92 Å². The summed E-state index contributed by atoms with van der Waals surface area (Å²) in [6, 6.07) is 13.1. The Bertz CT molecular complexity index is 747. The molecule has 0 bridgehead atoms. The number of hydrogen-bond acceptors (Lipinski definition) is 3. The maximum atomic E-state index is 12.6. The van der Waals surface area contributed by atoms with Crippen molar-refractivity contribution in [3.05, 3.63) is 58.4 Å². The predicted molar refractivity (Wildman–Crippen MR) is 95.1 cm³/mol. The Morgan fingerprint density at radius 3 is 2.50 bits per heavy atom. The highest BCUT2D eigenvalue weighted by molar-refractivity contribution is 5.94. The van der Waals surface area contributed by atoms with E-state index >= 15 is 0 Å². The van der Waals surface area contributed by atoms with E-state index < -0.39 is 0 Å². The topological polar surface area (TPSA) is 65.2 Å².